The van der Waals surface area contributed by atoms with Crippen molar-refractivity contribution in [1.29, 1.82) is 5.26 Å². The Labute approximate surface area is 124 Å². The zero-order valence-corrected chi connectivity index (χ0v) is 13.5. The molecule has 0 aromatic rings. The van der Waals surface area contributed by atoms with Gasteiger partial charge in [-0.15, -0.1) is 0 Å². The number of hydrogen-bond acceptors (Lipinski definition) is 3. The third-order valence-corrected chi connectivity index (χ3v) is 5.17. The lowest BCUT2D eigenvalue weighted by atomic mass is 9.90. The number of nitrogens with one attached hydrogen (secondary N) is 1. The van der Waals surface area contributed by atoms with E-state index in [9.17, 15) is 5.26 Å². The molecule has 2 fully saturated rings. The third-order valence-electron chi connectivity index (χ3n) is 5.17. The molecule has 3 unspecified atom stereocenters. The van der Waals surface area contributed by atoms with Gasteiger partial charge in [-0.05, 0) is 64.3 Å². The Morgan fingerprint density at radius 2 is 2.00 bits per heavy atom. The first-order valence-electron chi connectivity index (χ1n) is 8.51. The Morgan fingerprint density at radius 1 is 1.25 bits per heavy atom. The maximum Gasteiger partial charge on any atom is 0.106 e. The SMILES string of the molecule is CCC(C#N)(CCCN1CC(C)CCC1C)NC1CC1. The third kappa shape index (κ3) is 4.20. The van der Waals surface area contributed by atoms with Gasteiger partial charge in [0.2, 0.25) is 0 Å². The van der Waals surface area contributed by atoms with Crippen LogP contribution in [0.3, 0.4) is 0 Å². The molecule has 1 N–H and O–H groups in total. The summed E-state index contributed by atoms with van der Waals surface area (Å²) < 4.78 is 0. The Kier molecular flexibility index (Phi) is 5.46. The Balaban J connectivity index is 1.78. The number of likely N-dealkylation sites (tertiary alicyclic amines) is 1. The van der Waals surface area contributed by atoms with Crippen LogP contribution >= 0.6 is 0 Å². The van der Waals surface area contributed by atoms with E-state index in [-0.39, 0.29) is 5.54 Å². The van der Waals surface area contributed by atoms with Gasteiger partial charge in [-0.2, -0.15) is 5.26 Å². The molecule has 1 heterocycles. The van der Waals surface area contributed by atoms with Crippen LogP contribution in [0.15, 0.2) is 0 Å². The molecule has 0 amide bonds. The first-order chi connectivity index (χ1) is 9.58. The number of hydrogen-bond donors (Lipinski definition) is 1. The maximum absolute atomic E-state index is 9.56. The molecule has 0 aromatic carbocycles. The molecule has 1 aliphatic heterocycles. The Morgan fingerprint density at radius 3 is 2.60 bits per heavy atom. The van der Waals surface area contributed by atoms with Gasteiger partial charge in [0.1, 0.15) is 5.54 Å². The van der Waals surface area contributed by atoms with Gasteiger partial charge in [0, 0.05) is 18.6 Å². The van der Waals surface area contributed by atoms with E-state index in [1.165, 1.54) is 32.2 Å². The molecule has 3 nitrogen and oxygen atoms in total. The van der Waals surface area contributed by atoms with Gasteiger partial charge < -0.3 is 4.90 Å². The summed E-state index contributed by atoms with van der Waals surface area (Å²) in [5.74, 6) is 0.836. The van der Waals surface area contributed by atoms with Crippen molar-refractivity contribution in [3.8, 4) is 6.07 Å². The van der Waals surface area contributed by atoms with E-state index in [1.54, 1.807) is 0 Å². The fourth-order valence-corrected chi connectivity index (χ4v) is 3.41. The predicted octanol–water partition coefficient (Wildman–Crippen LogP) is 3.31. The maximum atomic E-state index is 9.56. The van der Waals surface area contributed by atoms with E-state index in [0.29, 0.717) is 6.04 Å². The molecule has 1 saturated carbocycles. The first kappa shape index (κ1) is 15.8. The number of piperidine rings is 1. The number of nitriles is 1. The highest BCUT2D eigenvalue weighted by molar-refractivity contribution is 5.09. The minimum atomic E-state index is -0.272. The van der Waals surface area contributed by atoms with E-state index in [0.717, 1.165) is 37.8 Å². The molecule has 20 heavy (non-hydrogen) atoms. The van der Waals surface area contributed by atoms with Crippen LogP contribution in [-0.4, -0.2) is 35.6 Å². The van der Waals surface area contributed by atoms with Crippen molar-refractivity contribution < 1.29 is 0 Å². The molecule has 2 aliphatic rings. The summed E-state index contributed by atoms with van der Waals surface area (Å²) in [7, 11) is 0. The summed E-state index contributed by atoms with van der Waals surface area (Å²) >= 11 is 0. The average Bonchev–Trinajstić information content (AvgIpc) is 3.25. The van der Waals surface area contributed by atoms with E-state index in [2.05, 4.69) is 37.1 Å². The second-order valence-electron chi connectivity index (χ2n) is 7.10. The fourth-order valence-electron chi connectivity index (χ4n) is 3.41. The van der Waals surface area contributed by atoms with Crippen LogP contribution in [0.25, 0.3) is 0 Å². The summed E-state index contributed by atoms with van der Waals surface area (Å²) in [6, 6.07) is 3.90. The second kappa shape index (κ2) is 6.91. The standard InChI is InChI=1S/C17H31N3/c1-4-17(13-18,19-16-8-9-16)10-5-11-20-12-14(2)6-7-15(20)3/h14-16,19H,4-12H2,1-3H3. The van der Waals surface area contributed by atoms with Crippen molar-refractivity contribution >= 4 is 0 Å². The summed E-state index contributed by atoms with van der Waals surface area (Å²) in [6.45, 7) is 9.25. The molecule has 0 radical (unpaired) electrons. The summed E-state index contributed by atoms with van der Waals surface area (Å²) in [6.07, 6.45) is 8.27. The monoisotopic (exact) mass is 277 g/mol. The summed E-state index contributed by atoms with van der Waals surface area (Å²) in [5.41, 5.74) is -0.272. The van der Waals surface area contributed by atoms with Crippen LogP contribution in [0.4, 0.5) is 0 Å². The highest BCUT2D eigenvalue weighted by atomic mass is 15.2. The molecule has 0 bridgehead atoms. The number of nitrogens with zero attached hydrogens (tertiary/aromatic N) is 2. The quantitative estimate of drug-likeness (QED) is 0.776. The minimum Gasteiger partial charge on any atom is -0.300 e. The Bertz CT molecular complexity index is 345. The highest BCUT2D eigenvalue weighted by Crippen LogP contribution is 2.27. The molecule has 0 spiro atoms. The number of rotatable bonds is 7. The second-order valence-corrected chi connectivity index (χ2v) is 7.10. The van der Waals surface area contributed by atoms with Crippen LogP contribution in [0, 0.1) is 17.2 Å². The average molecular weight is 277 g/mol. The molecule has 114 valence electrons. The zero-order valence-electron chi connectivity index (χ0n) is 13.5. The molecule has 2 rings (SSSR count). The van der Waals surface area contributed by atoms with Gasteiger partial charge in [-0.25, -0.2) is 0 Å². The van der Waals surface area contributed by atoms with Crippen LogP contribution in [0.5, 0.6) is 0 Å². The molecule has 1 aliphatic carbocycles. The van der Waals surface area contributed by atoms with Gasteiger partial charge in [-0.1, -0.05) is 13.8 Å². The van der Waals surface area contributed by atoms with Gasteiger partial charge in [0.25, 0.3) is 0 Å². The molecule has 0 aromatic heterocycles. The lowest BCUT2D eigenvalue weighted by Crippen LogP contribution is -2.46. The van der Waals surface area contributed by atoms with Gasteiger partial charge in [0.15, 0.2) is 0 Å². The van der Waals surface area contributed by atoms with Crippen molar-refractivity contribution in [1.82, 2.24) is 10.2 Å². The summed E-state index contributed by atoms with van der Waals surface area (Å²) in [5, 5.41) is 13.1. The molecular formula is C17H31N3. The van der Waals surface area contributed by atoms with E-state index in [4.69, 9.17) is 0 Å². The van der Waals surface area contributed by atoms with Crippen molar-refractivity contribution in [3.63, 3.8) is 0 Å². The van der Waals surface area contributed by atoms with Crippen LogP contribution in [0.1, 0.15) is 65.7 Å². The predicted molar refractivity (Wildman–Crippen MR) is 83.5 cm³/mol. The van der Waals surface area contributed by atoms with Crippen LogP contribution < -0.4 is 5.32 Å². The van der Waals surface area contributed by atoms with Crippen LogP contribution in [0.2, 0.25) is 0 Å². The lowest BCUT2D eigenvalue weighted by Gasteiger charge is -2.37. The molecule has 1 saturated heterocycles. The van der Waals surface area contributed by atoms with Crippen molar-refractivity contribution in [2.75, 3.05) is 13.1 Å². The molecule has 3 heteroatoms. The smallest absolute Gasteiger partial charge is 0.106 e. The minimum absolute atomic E-state index is 0.272. The first-order valence-corrected chi connectivity index (χ1v) is 8.51. The van der Waals surface area contributed by atoms with Crippen molar-refractivity contribution in [2.24, 2.45) is 5.92 Å². The van der Waals surface area contributed by atoms with Crippen molar-refractivity contribution in [2.45, 2.75) is 83.3 Å². The normalized spacial score (nSPS) is 30.7. The molecule has 3 atom stereocenters. The summed E-state index contributed by atoms with van der Waals surface area (Å²) in [4.78, 5) is 2.63. The topological polar surface area (TPSA) is 39.1 Å². The van der Waals surface area contributed by atoms with E-state index >= 15 is 0 Å². The lowest BCUT2D eigenvalue weighted by molar-refractivity contribution is 0.120. The highest BCUT2D eigenvalue weighted by Gasteiger charge is 2.34. The largest absolute Gasteiger partial charge is 0.300 e. The van der Waals surface area contributed by atoms with Crippen LogP contribution in [-0.2, 0) is 0 Å². The van der Waals surface area contributed by atoms with Gasteiger partial charge >= 0.3 is 0 Å². The molecular weight excluding hydrogens is 246 g/mol. The van der Waals surface area contributed by atoms with Gasteiger partial charge in [-0.3, -0.25) is 5.32 Å². The van der Waals surface area contributed by atoms with Gasteiger partial charge in [0.05, 0.1) is 6.07 Å². The zero-order chi connectivity index (χ0) is 14.6. The van der Waals surface area contributed by atoms with E-state index in [1.807, 2.05) is 0 Å². The fraction of sp³-hybridized carbons (Fsp3) is 0.941. The van der Waals surface area contributed by atoms with Crippen molar-refractivity contribution in [3.05, 3.63) is 0 Å². The Hall–Kier alpha value is -0.590. The van der Waals surface area contributed by atoms with E-state index < -0.39 is 0 Å².